The Labute approximate surface area is 149 Å². The van der Waals surface area contributed by atoms with E-state index in [0.717, 1.165) is 53.9 Å². The molecule has 4 nitrogen and oxygen atoms in total. The summed E-state index contributed by atoms with van der Waals surface area (Å²) in [6.07, 6.45) is 2.20. The average Bonchev–Trinajstić information content (AvgIpc) is 3.17. The van der Waals surface area contributed by atoms with Gasteiger partial charge in [0.15, 0.2) is 0 Å². The lowest BCUT2D eigenvalue weighted by Gasteiger charge is -2.21. The molecule has 0 aromatic heterocycles. The third-order valence-electron chi connectivity index (χ3n) is 4.96. The highest BCUT2D eigenvalue weighted by Gasteiger charge is 2.22. The van der Waals surface area contributed by atoms with E-state index >= 15 is 0 Å². The number of aliphatic hydroxyl groups excluding tert-OH is 1. The van der Waals surface area contributed by atoms with Crippen molar-refractivity contribution in [3.05, 3.63) is 64.7 Å². The van der Waals surface area contributed by atoms with E-state index in [4.69, 9.17) is 0 Å². The summed E-state index contributed by atoms with van der Waals surface area (Å²) in [5, 5.41) is 12.8. The van der Waals surface area contributed by atoms with E-state index in [-0.39, 0.29) is 18.6 Å². The molecule has 2 aromatic rings. The van der Waals surface area contributed by atoms with Crippen LogP contribution in [0, 0.1) is 6.92 Å². The van der Waals surface area contributed by atoms with E-state index in [9.17, 15) is 9.90 Å². The molecular formula is C21H26N2O2. The highest BCUT2D eigenvalue weighted by atomic mass is 16.3. The second kappa shape index (κ2) is 7.70. The normalized spacial score (nSPS) is 15.2. The van der Waals surface area contributed by atoms with Crippen molar-refractivity contribution >= 4 is 11.6 Å². The van der Waals surface area contributed by atoms with Crippen molar-refractivity contribution in [2.45, 2.75) is 39.3 Å². The standard InChI is InChI=1S/C21H26N2O2/c1-15-19(21(25)23-11-3-4-12-23)9-6-10-20(15)22-16(2)18-8-5-7-17(13-18)14-24/h5-10,13,16,22,24H,3-4,11-12,14H2,1-2H3. The molecule has 0 bridgehead atoms. The van der Waals surface area contributed by atoms with Crippen molar-refractivity contribution in [3.8, 4) is 0 Å². The SMILES string of the molecule is Cc1c(NC(C)c2cccc(CO)c2)cccc1C(=O)N1CCCC1. The van der Waals surface area contributed by atoms with E-state index < -0.39 is 0 Å². The van der Waals surface area contributed by atoms with Crippen LogP contribution in [0.25, 0.3) is 0 Å². The molecule has 0 spiro atoms. The predicted octanol–water partition coefficient (Wildman–Crippen LogP) is 3.90. The van der Waals surface area contributed by atoms with Gasteiger partial charge in [0, 0.05) is 30.4 Å². The second-order valence-corrected chi connectivity index (χ2v) is 6.75. The van der Waals surface area contributed by atoms with Gasteiger partial charge in [0.1, 0.15) is 0 Å². The molecule has 1 atom stereocenters. The molecule has 132 valence electrons. The smallest absolute Gasteiger partial charge is 0.254 e. The fourth-order valence-electron chi connectivity index (χ4n) is 3.39. The molecule has 0 aliphatic carbocycles. The first-order valence-corrected chi connectivity index (χ1v) is 8.95. The molecule has 4 heteroatoms. The Kier molecular flexibility index (Phi) is 5.39. The summed E-state index contributed by atoms with van der Waals surface area (Å²) in [7, 11) is 0. The molecular weight excluding hydrogens is 312 g/mol. The van der Waals surface area contributed by atoms with Crippen LogP contribution in [0.3, 0.4) is 0 Å². The van der Waals surface area contributed by atoms with Crippen molar-refractivity contribution in [2.75, 3.05) is 18.4 Å². The van der Waals surface area contributed by atoms with Gasteiger partial charge >= 0.3 is 0 Å². The van der Waals surface area contributed by atoms with Gasteiger partial charge < -0.3 is 15.3 Å². The predicted molar refractivity (Wildman–Crippen MR) is 101 cm³/mol. The number of likely N-dealkylation sites (tertiary alicyclic amines) is 1. The Morgan fingerprint density at radius 3 is 2.64 bits per heavy atom. The summed E-state index contributed by atoms with van der Waals surface area (Å²) in [6, 6.07) is 13.9. The van der Waals surface area contributed by atoms with Gasteiger partial charge in [-0.15, -0.1) is 0 Å². The molecule has 0 radical (unpaired) electrons. The number of carbonyl (C=O) groups excluding carboxylic acids is 1. The molecule has 3 rings (SSSR count). The number of nitrogens with one attached hydrogen (secondary N) is 1. The molecule has 25 heavy (non-hydrogen) atoms. The maximum absolute atomic E-state index is 12.7. The number of rotatable bonds is 5. The van der Waals surface area contributed by atoms with E-state index in [1.807, 2.05) is 54.3 Å². The van der Waals surface area contributed by atoms with Gasteiger partial charge in [0.05, 0.1) is 6.61 Å². The van der Waals surface area contributed by atoms with Crippen LogP contribution in [0.5, 0.6) is 0 Å². The Morgan fingerprint density at radius 1 is 1.20 bits per heavy atom. The summed E-state index contributed by atoms with van der Waals surface area (Å²) in [4.78, 5) is 14.7. The first kappa shape index (κ1) is 17.5. The van der Waals surface area contributed by atoms with Gasteiger partial charge in [0.2, 0.25) is 0 Å². The molecule has 2 aromatic carbocycles. The Hall–Kier alpha value is -2.33. The number of aliphatic hydroxyl groups is 1. The third kappa shape index (κ3) is 3.85. The molecule has 1 amide bonds. The minimum Gasteiger partial charge on any atom is -0.392 e. The van der Waals surface area contributed by atoms with Gasteiger partial charge in [-0.1, -0.05) is 30.3 Å². The van der Waals surface area contributed by atoms with Crippen LogP contribution in [0.2, 0.25) is 0 Å². The maximum atomic E-state index is 12.7. The van der Waals surface area contributed by atoms with Gasteiger partial charge in [-0.2, -0.15) is 0 Å². The van der Waals surface area contributed by atoms with Crippen LogP contribution in [-0.4, -0.2) is 29.0 Å². The maximum Gasteiger partial charge on any atom is 0.254 e. The number of amides is 1. The number of benzene rings is 2. The van der Waals surface area contributed by atoms with Gasteiger partial charge in [0.25, 0.3) is 5.91 Å². The molecule has 2 N–H and O–H groups in total. The Morgan fingerprint density at radius 2 is 1.92 bits per heavy atom. The monoisotopic (exact) mass is 338 g/mol. The first-order chi connectivity index (χ1) is 12.1. The summed E-state index contributed by atoms with van der Waals surface area (Å²) in [5.41, 5.74) is 4.77. The molecule has 1 heterocycles. The van der Waals surface area contributed by atoms with Crippen LogP contribution < -0.4 is 5.32 Å². The number of anilines is 1. The van der Waals surface area contributed by atoms with Crippen molar-refractivity contribution < 1.29 is 9.90 Å². The van der Waals surface area contributed by atoms with E-state index in [0.29, 0.717) is 0 Å². The highest BCUT2D eigenvalue weighted by molar-refractivity contribution is 5.97. The average molecular weight is 338 g/mol. The summed E-state index contributed by atoms with van der Waals surface area (Å²) >= 11 is 0. The molecule has 1 saturated heterocycles. The van der Waals surface area contributed by atoms with Crippen molar-refractivity contribution in [1.29, 1.82) is 0 Å². The quantitative estimate of drug-likeness (QED) is 0.869. The third-order valence-corrected chi connectivity index (χ3v) is 4.96. The van der Waals surface area contributed by atoms with Crippen LogP contribution in [-0.2, 0) is 6.61 Å². The summed E-state index contributed by atoms with van der Waals surface area (Å²) in [6.45, 7) is 5.85. The Bertz CT molecular complexity index is 751. The van der Waals surface area contributed by atoms with E-state index in [1.165, 1.54) is 0 Å². The second-order valence-electron chi connectivity index (χ2n) is 6.75. The van der Waals surface area contributed by atoms with E-state index in [1.54, 1.807) is 0 Å². The van der Waals surface area contributed by atoms with E-state index in [2.05, 4.69) is 12.2 Å². The molecule has 0 saturated carbocycles. The van der Waals surface area contributed by atoms with Crippen LogP contribution in [0.4, 0.5) is 5.69 Å². The van der Waals surface area contributed by atoms with Gasteiger partial charge in [-0.3, -0.25) is 4.79 Å². The lowest BCUT2D eigenvalue weighted by molar-refractivity contribution is 0.0792. The van der Waals surface area contributed by atoms with Crippen molar-refractivity contribution in [2.24, 2.45) is 0 Å². The van der Waals surface area contributed by atoms with Gasteiger partial charge in [-0.05, 0) is 55.5 Å². The van der Waals surface area contributed by atoms with Gasteiger partial charge in [-0.25, -0.2) is 0 Å². The number of hydrogen-bond donors (Lipinski definition) is 2. The first-order valence-electron chi connectivity index (χ1n) is 8.95. The zero-order valence-corrected chi connectivity index (χ0v) is 15.0. The summed E-state index contributed by atoms with van der Waals surface area (Å²) < 4.78 is 0. The van der Waals surface area contributed by atoms with Crippen LogP contribution in [0.15, 0.2) is 42.5 Å². The van der Waals surface area contributed by atoms with Crippen molar-refractivity contribution in [3.63, 3.8) is 0 Å². The zero-order chi connectivity index (χ0) is 17.8. The fourth-order valence-corrected chi connectivity index (χ4v) is 3.39. The molecule has 1 unspecified atom stereocenters. The minimum absolute atomic E-state index is 0.0411. The highest BCUT2D eigenvalue weighted by Crippen LogP contribution is 2.26. The van der Waals surface area contributed by atoms with Crippen LogP contribution >= 0.6 is 0 Å². The number of nitrogens with zero attached hydrogens (tertiary/aromatic N) is 1. The lowest BCUT2D eigenvalue weighted by atomic mass is 10.0. The Balaban J connectivity index is 1.80. The minimum atomic E-state index is 0.0411. The largest absolute Gasteiger partial charge is 0.392 e. The number of carbonyl (C=O) groups is 1. The topological polar surface area (TPSA) is 52.6 Å². The zero-order valence-electron chi connectivity index (χ0n) is 15.0. The lowest BCUT2D eigenvalue weighted by Crippen LogP contribution is -2.28. The fraction of sp³-hybridized carbons (Fsp3) is 0.381. The van der Waals surface area contributed by atoms with Crippen molar-refractivity contribution in [1.82, 2.24) is 4.90 Å². The molecule has 1 aliphatic rings. The summed E-state index contributed by atoms with van der Waals surface area (Å²) in [5.74, 6) is 0.133. The number of hydrogen-bond acceptors (Lipinski definition) is 3. The molecule has 1 fully saturated rings. The molecule has 1 aliphatic heterocycles. The van der Waals surface area contributed by atoms with Crippen LogP contribution in [0.1, 0.15) is 52.9 Å².